The van der Waals surface area contributed by atoms with Gasteiger partial charge >= 0.3 is 0 Å². The quantitative estimate of drug-likeness (QED) is 0.907. The Labute approximate surface area is 106 Å². The normalized spacial score (nSPS) is 12.3. The second kappa shape index (κ2) is 4.57. The summed E-state index contributed by atoms with van der Waals surface area (Å²) < 4.78 is 18.5. The summed E-state index contributed by atoms with van der Waals surface area (Å²) in [6.07, 6.45) is 0. The van der Waals surface area contributed by atoms with Crippen molar-refractivity contribution < 1.29 is 8.81 Å². The number of nitrogens with zero attached hydrogens (tertiary/aromatic N) is 2. The minimum absolute atomic E-state index is 0.0219. The molecular formula is C13H18FN3O. The highest BCUT2D eigenvalue weighted by atomic mass is 19.1. The molecule has 0 saturated heterocycles. The molecule has 1 aromatic heterocycles. The fourth-order valence-electron chi connectivity index (χ4n) is 1.43. The predicted molar refractivity (Wildman–Crippen MR) is 70.2 cm³/mol. The number of aromatic nitrogens is 1. The second-order valence-electron chi connectivity index (χ2n) is 5.19. The molecule has 0 bridgehead atoms. The van der Waals surface area contributed by atoms with Gasteiger partial charge in [-0.25, -0.2) is 4.39 Å². The van der Waals surface area contributed by atoms with Crippen LogP contribution in [0.2, 0.25) is 0 Å². The van der Waals surface area contributed by atoms with Crippen LogP contribution >= 0.6 is 0 Å². The molecule has 0 aliphatic rings. The van der Waals surface area contributed by atoms with Gasteiger partial charge in [-0.1, -0.05) is 0 Å². The predicted octanol–water partition coefficient (Wildman–Crippen LogP) is 2.72. The van der Waals surface area contributed by atoms with Gasteiger partial charge in [0.05, 0.1) is 0 Å². The standard InChI is InChI=1S/C13H18FN3O/c1-13(2,17(3)4)8-15-12-16-10-7-9(14)5-6-11(10)18-12/h5-7H,8H2,1-4H3,(H,15,16). The molecule has 0 fully saturated rings. The lowest BCUT2D eigenvalue weighted by molar-refractivity contribution is 0.209. The summed E-state index contributed by atoms with van der Waals surface area (Å²) >= 11 is 0. The highest BCUT2D eigenvalue weighted by Crippen LogP contribution is 2.20. The molecule has 1 N–H and O–H groups in total. The number of oxazole rings is 1. The molecule has 0 amide bonds. The Bertz CT molecular complexity index is 548. The summed E-state index contributed by atoms with van der Waals surface area (Å²) in [6, 6.07) is 4.73. The monoisotopic (exact) mass is 251 g/mol. The summed E-state index contributed by atoms with van der Waals surface area (Å²) in [5.41, 5.74) is 1.09. The zero-order valence-corrected chi connectivity index (χ0v) is 11.1. The van der Waals surface area contributed by atoms with E-state index in [0.717, 1.165) is 0 Å². The van der Waals surface area contributed by atoms with Crippen LogP contribution in [-0.2, 0) is 0 Å². The van der Waals surface area contributed by atoms with Crippen LogP contribution in [-0.4, -0.2) is 36.1 Å². The number of halogens is 1. The fourth-order valence-corrected chi connectivity index (χ4v) is 1.43. The van der Waals surface area contributed by atoms with Gasteiger partial charge in [-0.3, -0.25) is 0 Å². The lowest BCUT2D eigenvalue weighted by atomic mass is 10.1. The van der Waals surface area contributed by atoms with Crippen LogP contribution in [0.25, 0.3) is 11.1 Å². The van der Waals surface area contributed by atoms with Crippen molar-refractivity contribution in [3.8, 4) is 0 Å². The van der Waals surface area contributed by atoms with Gasteiger partial charge in [-0.05, 0) is 40.1 Å². The van der Waals surface area contributed by atoms with Gasteiger partial charge in [0.25, 0.3) is 6.01 Å². The van der Waals surface area contributed by atoms with E-state index in [1.807, 2.05) is 14.1 Å². The number of hydrogen-bond acceptors (Lipinski definition) is 4. The maximum absolute atomic E-state index is 13.0. The summed E-state index contributed by atoms with van der Waals surface area (Å²) in [7, 11) is 4.03. The Morgan fingerprint density at radius 2 is 2.11 bits per heavy atom. The highest BCUT2D eigenvalue weighted by Gasteiger charge is 2.20. The molecule has 0 saturated carbocycles. The van der Waals surface area contributed by atoms with Crippen LogP contribution in [0.4, 0.5) is 10.4 Å². The van der Waals surface area contributed by atoms with Crippen LogP contribution in [0.15, 0.2) is 22.6 Å². The number of hydrogen-bond donors (Lipinski definition) is 1. The third kappa shape index (κ3) is 2.61. The van der Waals surface area contributed by atoms with E-state index >= 15 is 0 Å². The minimum Gasteiger partial charge on any atom is -0.424 e. The highest BCUT2D eigenvalue weighted by molar-refractivity contribution is 5.74. The lowest BCUT2D eigenvalue weighted by Crippen LogP contribution is -2.44. The number of fused-ring (bicyclic) bond motifs is 1. The third-order valence-electron chi connectivity index (χ3n) is 3.23. The van der Waals surface area contributed by atoms with Crippen molar-refractivity contribution in [2.24, 2.45) is 0 Å². The van der Waals surface area contributed by atoms with Crippen molar-refractivity contribution in [2.45, 2.75) is 19.4 Å². The first-order chi connectivity index (χ1) is 8.38. The number of benzene rings is 1. The van der Waals surface area contributed by atoms with Crippen LogP contribution < -0.4 is 5.32 Å². The SMILES string of the molecule is CN(C)C(C)(C)CNc1nc2cc(F)ccc2o1. The molecule has 2 rings (SSSR count). The van der Waals surface area contributed by atoms with E-state index in [1.54, 1.807) is 6.07 Å². The molecule has 1 heterocycles. The van der Waals surface area contributed by atoms with Crippen molar-refractivity contribution >= 4 is 17.1 Å². The summed E-state index contributed by atoms with van der Waals surface area (Å²) in [6.45, 7) is 4.92. The fraction of sp³-hybridized carbons (Fsp3) is 0.462. The van der Waals surface area contributed by atoms with E-state index in [-0.39, 0.29) is 11.4 Å². The molecule has 0 unspecified atom stereocenters. The zero-order chi connectivity index (χ0) is 13.3. The molecule has 0 aliphatic carbocycles. The van der Waals surface area contributed by atoms with Crippen molar-refractivity contribution in [3.05, 3.63) is 24.0 Å². The molecule has 4 nitrogen and oxygen atoms in total. The van der Waals surface area contributed by atoms with E-state index in [1.165, 1.54) is 12.1 Å². The molecule has 5 heteroatoms. The third-order valence-corrected chi connectivity index (χ3v) is 3.23. The number of nitrogens with one attached hydrogen (secondary N) is 1. The van der Waals surface area contributed by atoms with Crippen LogP contribution in [0.5, 0.6) is 0 Å². The molecule has 2 aromatic rings. The zero-order valence-electron chi connectivity index (χ0n) is 11.1. The molecule has 0 aliphatic heterocycles. The Kier molecular flexibility index (Phi) is 3.26. The maximum atomic E-state index is 13.0. The van der Waals surface area contributed by atoms with Gasteiger partial charge in [-0.15, -0.1) is 0 Å². The van der Waals surface area contributed by atoms with E-state index in [4.69, 9.17) is 4.42 Å². The van der Waals surface area contributed by atoms with Crippen LogP contribution in [0, 0.1) is 5.82 Å². The lowest BCUT2D eigenvalue weighted by Gasteiger charge is -2.32. The first-order valence-corrected chi connectivity index (χ1v) is 5.86. The average molecular weight is 251 g/mol. The average Bonchev–Trinajstić information content (AvgIpc) is 2.68. The van der Waals surface area contributed by atoms with E-state index in [9.17, 15) is 4.39 Å². The smallest absolute Gasteiger partial charge is 0.295 e. The van der Waals surface area contributed by atoms with Gasteiger partial charge < -0.3 is 14.6 Å². The molecule has 0 spiro atoms. The van der Waals surface area contributed by atoms with Crippen LogP contribution in [0.3, 0.4) is 0 Å². The van der Waals surface area contributed by atoms with Gasteiger partial charge in [-0.2, -0.15) is 4.98 Å². The van der Waals surface area contributed by atoms with Crippen molar-refractivity contribution in [2.75, 3.05) is 26.0 Å². The van der Waals surface area contributed by atoms with Crippen LogP contribution in [0.1, 0.15) is 13.8 Å². The summed E-state index contributed by atoms with van der Waals surface area (Å²) in [4.78, 5) is 6.31. The first-order valence-electron chi connectivity index (χ1n) is 5.86. The van der Waals surface area contributed by atoms with Crippen molar-refractivity contribution in [1.82, 2.24) is 9.88 Å². The Morgan fingerprint density at radius 3 is 2.78 bits per heavy atom. The van der Waals surface area contributed by atoms with Gasteiger partial charge in [0, 0.05) is 18.2 Å². The second-order valence-corrected chi connectivity index (χ2v) is 5.19. The Morgan fingerprint density at radius 1 is 1.39 bits per heavy atom. The largest absolute Gasteiger partial charge is 0.424 e. The Hall–Kier alpha value is -1.62. The van der Waals surface area contributed by atoms with Gasteiger partial charge in [0.1, 0.15) is 11.3 Å². The number of rotatable bonds is 4. The number of likely N-dealkylation sites (N-methyl/N-ethyl adjacent to an activating group) is 1. The summed E-state index contributed by atoms with van der Waals surface area (Å²) in [5, 5.41) is 3.13. The topological polar surface area (TPSA) is 41.3 Å². The van der Waals surface area contributed by atoms with E-state index in [0.29, 0.717) is 23.7 Å². The Balaban J connectivity index is 2.13. The molecule has 0 radical (unpaired) electrons. The van der Waals surface area contributed by atoms with Crippen molar-refractivity contribution in [3.63, 3.8) is 0 Å². The van der Waals surface area contributed by atoms with Crippen molar-refractivity contribution in [1.29, 1.82) is 0 Å². The molecule has 0 atom stereocenters. The first kappa shape index (κ1) is 12.8. The number of anilines is 1. The maximum Gasteiger partial charge on any atom is 0.295 e. The van der Waals surface area contributed by atoms with E-state index < -0.39 is 0 Å². The summed E-state index contributed by atoms with van der Waals surface area (Å²) in [5.74, 6) is -0.309. The molecular weight excluding hydrogens is 233 g/mol. The van der Waals surface area contributed by atoms with E-state index in [2.05, 4.69) is 29.0 Å². The van der Waals surface area contributed by atoms with Gasteiger partial charge in [0.2, 0.25) is 0 Å². The molecule has 18 heavy (non-hydrogen) atoms. The minimum atomic E-state index is -0.309. The van der Waals surface area contributed by atoms with Gasteiger partial charge in [0.15, 0.2) is 5.58 Å². The molecule has 98 valence electrons. The molecule has 1 aromatic carbocycles.